The summed E-state index contributed by atoms with van der Waals surface area (Å²) < 4.78 is 11.6. The first-order chi connectivity index (χ1) is 8.22. The van der Waals surface area contributed by atoms with Crippen LogP contribution in [-0.2, 0) is 9.53 Å². The molecule has 5 heteroatoms. The van der Waals surface area contributed by atoms with E-state index >= 15 is 0 Å². The van der Waals surface area contributed by atoms with Crippen molar-refractivity contribution in [2.24, 2.45) is 0 Å². The van der Waals surface area contributed by atoms with Crippen LogP contribution in [0.1, 0.15) is 6.92 Å². The molecule has 1 aromatic rings. The highest BCUT2D eigenvalue weighted by molar-refractivity contribution is 14.1. The fourth-order valence-electron chi connectivity index (χ4n) is 1.14. The van der Waals surface area contributed by atoms with Gasteiger partial charge in [0.25, 0.3) is 0 Å². The normalized spacial score (nSPS) is 10.0. The first-order valence-electron chi connectivity index (χ1n) is 5.45. The molecular formula is C12H16INO3. The first-order valence-corrected chi connectivity index (χ1v) is 6.53. The van der Waals surface area contributed by atoms with Crippen LogP contribution in [0.4, 0.5) is 0 Å². The van der Waals surface area contributed by atoms with Gasteiger partial charge in [0, 0.05) is 10.2 Å². The number of hydrogen-bond acceptors (Lipinski definition) is 3. The predicted octanol–water partition coefficient (Wildman–Crippen LogP) is 1.82. The third-order valence-electron chi connectivity index (χ3n) is 1.94. The molecule has 1 N–H and O–H groups in total. The maximum Gasteiger partial charge on any atom is 0.246 e. The third kappa shape index (κ3) is 6.48. The Morgan fingerprint density at radius 1 is 1.35 bits per heavy atom. The fraction of sp³-hybridized carbons (Fsp3) is 0.417. The van der Waals surface area contributed by atoms with Gasteiger partial charge in [-0.25, -0.2) is 0 Å². The van der Waals surface area contributed by atoms with E-state index < -0.39 is 0 Å². The van der Waals surface area contributed by atoms with Crippen LogP contribution < -0.4 is 10.1 Å². The Balaban J connectivity index is 2.11. The molecule has 4 nitrogen and oxygen atoms in total. The van der Waals surface area contributed by atoms with Gasteiger partial charge in [-0.15, -0.1) is 0 Å². The molecule has 17 heavy (non-hydrogen) atoms. The van der Waals surface area contributed by atoms with Gasteiger partial charge in [-0.2, -0.15) is 0 Å². The van der Waals surface area contributed by atoms with E-state index in [1.807, 2.05) is 31.2 Å². The smallest absolute Gasteiger partial charge is 0.246 e. The van der Waals surface area contributed by atoms with Gasteiger partial charge < -0.3 is 14.8 Å². The van der Waals surface area contributed by atoms with Crippen molar-refractivity contribution in [3.8, 4) is 5.75 Å². The summed E-state index contributed by atoms with van der Waals surface area (Å²) in [5.41, 5.74) is 0. The van der Waals surface area contributed by atoms with Crippen molar-refractivity contribution in [2.45, 2.75) is 6.92 Å². The molecule has 0 fully saturated rings. The largest absolute Gasteiger partial charge is 0.492 e. The lowest BCUT2D eigenvalue weighted by Gasteiger charge is -2.07. The molecule has 0 radical (unpaired) electrons. The second kappa shape index (κ2) is 8.30. The maximum atomic E-state index is 11.2. The number of hydrogen-bond donors (Lipinski definition) is 1. The van der Waals surface area contributed by atoms with Gasteiger partial charge in [-0.3, -0.25) is 4.79 Å². The molecule has 0 spiro atoms. The molecule has 0 saturated carbocycles. The zero-order valence-electron chi connectivity index (χ0n) is 9.74. The van der Waals surface area contributed by atoms with Crippen molar-refractivity contribution in [1.82, 2.24) is 5.32 Å². The van der Waals surface area contributed by atoms with Crippen molar-refractivity contribution in [2.75, 3.05) is 26.4 Å². The van der Waals surface area contributed by atoms with Crippen molar-refractivity contribution in [3.05, 3.63) is 27.8 Å². The summed E-state index contributed by atoms with van der Waals surface area (Å²) in [5, 5.41) is 2.71. The lowest BCUT2D eigenvalue weighted by Crippen LogP contribution is -2.31. The summed E-state index contributed by atoms with van der Waals surface area (Å²) in [6, 6.07) is 7.76. The van der Waals surface area contributed by atoms with Gasteiger partial charge in [0.1, 0.15) is 19.0 Å². The Hall–Kier alpha value is -0.820. The van der Waals surface area contributed by atoms with Crippen LogP contribution in [0.5, 0.6) is 5.75 Å². The molecule has 1 rings (SSSR count). The molecule has 0 aliphatic carbocycles. The Bertz CT molecular complexity index is 340. The summed E-state index contributed by atoms with van der Waals surface area (Å²) in [7, 11) is 0. The van der Waals surface area contributed by atoms with Crippen LogP contribution in [0.3, 0.4) is 0 Å². The van der Waals surface area contributed by atoms with Gasteiger partial charge in [0.2, 0.25) is 5.91 Å². The molecule has 0 aliphatic rings. The molecule has 0 atom stereocenters. The van der Waals surface area contributed by atoms with E-state index in [1.165, 1.54) is 3.57 Å². The topological polar surface area (TPSA) is 47.6 Å². The number of nitrogens with one attached hydrogen (secondary N) is 1. The summed E-state index contributed by atoms with van der Waals surface area (Å²) >= 11 is 2.24. The minimum absolute atomic E-state index is 0.111. The minimum atomic E-state index is -0.113. The second-order valence-corrected chi connectivity index (χ2v) is 4.54. The monoisotopic (exact) mass is 349 g/mol. The zero-order chi connectivity index (χ0) is 12.5. The molecular weight excluding hydrogens is 333 g/mol. The van der Waals surface area contributed by atoms with Crippen molar-refractivity contribution >= 4 is 28.5 Å². The predicted molar refractivity (Wildman–Crippen MR) is 74.2 cm³/mol. The molecule has 0 bridgehead atoms. The highest BCUT2D eigenvalue weighted by atomic mass is 127. The van der Waals surface area contributed by atoms with E-state index in [1.54, 1.807) is 0 Å². The quantitative estimate of drug-likeness (QED) is 0.604. The van der Waals surface area contributed by atoms with Crippen molar-refractivity contribution in [1.29, 1.82) is 0 Å². The standard InChI is InChI=1S/C12H16INO3/c1-2-16-9-12(15)14-7-8-17-11-5-3-10(13)4-6-11/h3-6H,2,7-9H2,1H3,(H,14,15). The van der Waals surface area contributed by atoms with Crippen molar-refractivity contribution in [3.63, 3.8) is 0 Å². The Kier molecular flexibility index (Phi) is 6.95. The van der Waals surface area contributed by atoms with Gasteiger partial charge in [0.05, 0.1) is 6.54 Å². The molecule has 0 heterocycles. The second-order valence-electron chi connectivity index (χ2n) is 3.29. The van der Waals surface area contributed by atoms with Crippen LogP contribution in [0, 0.1) is 3.57 Å². The Labute approximate surface area is 115 Å². The Morgan fingerprint density at radius 3 is 2.71 bits per heavy atom. The number of ether oxygens (including phenoxy) is 2. The highest BCUT2D eigenvalue weighted by Gasteiger charge is 1.99. The van der Waals surface area contributed by atoms with E-state index in [-0.39, 0.29) is 12.5 Å². The summed E-state index contributed by atoms with van der Waals surface area (Å²) in [6.07, 6.45) is 0. The highest BCUT2D eigenvalue weighted by Crippen LogP contribution is 2.12. The molecule has 1 aromatic carbocycles. The van der Waals surface area contributed by atoms with Crippen LogP contribution >= 0.6 is 22.6 Å². The van der Waals surface area contributed by atoms with Gasteiger partial charge in [-0.1, -0.05) is 0 Å². The summed E-state index contributed by atoms with van der Waals surface area (Å²) in [4.78, 5) is 11.2. The van der Waals surface area contributed by atoms with E-state index in [0.717, 1.165) is 5.75 Å². The van der Waals surface area contributed by atoms with Crippen LogP contribution in [0.15, 0.2) is 24.3 Å². The molecule has 0 saturated heterocycles. The molecule has 0 aromatic heterocycles. The van der Waals surface area contributed by atoms with Crippen LogP contribution in [0.25, 0.3) is 0 Å². The van der Waals surface area contributed by atoms with E-state index in [0.29, 0.717) is 19.8 Å². The summed E-state index contributed by atoms with van der Waals surface area (Å²) in [6.45, 7) is 3.45. The number of carbonyl (C=O) groups excluding carboxylic acids is 1. The van der Waals surface area contributed by atoms with Crippen LogP contribution in [-0.4, -0.2) is 32.3 Å². The first kappa shape index (κ1) is 14.2. The fourth-order valence-corrected chi connectivity index (χ4v) is 1.50. The number of halogens is 1. The van der Waals surface area contributed by atoms with Gasteiger partial charge in [0.15, 0.2) is 0 Å². The minimum Gasteiger partial charge on any atom is -0.492 e. The SMILES string of the molecule is CCOCC(=O)NCCOc1ccc(I)cc1. The molecule has 0 unspecified atom stereocenters. The van der Waals surface area contributed by atoms with E-state index in [2.05, 4.69) is 27.9 Å². The van der Waals surface area contributed by atoms with Crippen LogP contribution in [0.2, 0.25) is 0 Å². The summed E-state index contributed by atoms with van der Waals surface area (Å²) in [5.74, 6) is 0.697. The van der Waals surface area contributed by atoms with Crippen molar-refractivity contribution < 1.29 is 14.3 Å². The van der Waals surface area contributed by atoms with Gasteiger partial charge >= 0.3 is 0 Å². The maximum absolute atomic E-state index is 11.2. The number of benzene rings is 1. The zero-order valence-corrected chi connectivity index (χ0v) is 11.9. The van der Waals surface area contributed by atoms with E-state index in [9.17, 15) is 4.79 Å². The Morgan fingerprint density at radius 2 is 2.06 bits per heavy atom. The lowest BCUT2D eigenvalue weighted by atomic mass is 10.3. The van der Waals surface area contributed by atoms with Gasteiger partial charge in [-0.05, 0) is 53.8 Å². The molecule has 0 aliphatic heterocycles. The van der Waals surface area contributed by atoms with E-state index in [4.69, 9.17) is 9.47 Å². The number of carbonyl (C=O) groups is 1. The third-order valence-corrected chi connectivity index (χ3v) is 2.66. The number of rotatable bonds is 7. The number of amides is 1. The average Bonchev–Trinajstić information content (AvgIpc) is 2.34. The lowest BCUT2D eigenvalue weighted by molar-refractivity contribution is -0.125. The molecule has 1 amide bonds. The molecule has 94 valence electrons. The average molecular weight is 349 g/mol.